The lowest BCUT2D eigenvalue weighted by Gasteiger charge is -2.17. The molecule has 1 heterocycles. The van der Waals surface area contributed by atoms with Gasteiger partial charge in [-0.3, -0.25) is 9.78 Å². The summed E-state index contributed by atoms with van der Waals surface area (Å²) in [7, 11) is 0. The monoisotopic (exact) mass is 376 g/mol. The molecule has 3 rings (SSSR count). The predicted molar refractivity (Wildman–Crippen MR) is 111 cm³/mol. The molecule has 0 radical (unpaired) electrons. The van der Waals surface area contributed by atoms with Gasteiger partial charge in [0.05, 0.1) is 11.1 Å². The zero-order valence-electron chi connectivity index (χ0n) is 16.5. The highest BCUT2D eigenvalue weighted by molar-refractivity contribution is 6.05. The van der Waals surface area contributed by atoms with Crippen LogP contribution in [0, 0.1) is 6.92 Å². The number of hydrogen-bond donors (Lipinski definition) is 1. The lowest BCUT2D eigenvalue weighted by molar-refractivity contribution is -0.123. The van der Waals surface area contributed by atoms with Gasteiger partial charge in [0.2, 0.25) is 0 Å². The number of carbonyl (C=O) groups is 2. The molecule has 5 nitrogen and oxygen atoms in total. The highest BCUT2D eigenvalue weighted by atomic mass is 16.5. The van der Waals surface area contributed by atoms with Crippen LogP contribution in [-0.2, 0) is 9.53 Å². The van der Waals surface area contributed by atoms with Crippen molar-refractivity contribution in [2.24, 2.45) is 0 Å². The number of hydrogen-bond acceptors (Lipinski definition) is 4. The summed E-state index contributed by atoms with van der Waals surface area (Å²) in [4.78, 5) is 29.7. The van der Waals surface area contributed by atoms with Gasteiger partial charge in [-0.2, -0.15) is 0 Å². The SMILES string of the molecule is Cc1cc(C(=O)O[C@H](C)C(=O)Nc2ccccc2C(C)C)c2ccccc2n1. The van der Waals surface area contributed by atoms with Crippen molar-refractivity contribution >= 4 is 28.5 Å². The Labute approximate surface area is 164 Å². The third kappa shape index (κ3) is 4.19. The molecule has 1 N–H and O–H groups in total. The van der Waals surface area contributed by atoms with Crippen LogP contribution >= 0.6 is 0 Å². The first-order valence-corrected chi connectivity index (χ1v) is 9.34. The van der Waals surface area contributed by atoms with Crippen molar-refractivity contribution in [3.8, 4) is 0 Å². The Bertz CT molecular complexity index is 1030. The van der Waals surface area contributed by atoms with Gasteiger partial charge in [0.25, 0.3) is 5.91 Å². The summed E-state index contributed by atoms with van der Waals surface area (Å²) in [5.74, 6) is -0.640. The van der Waals surface area contributed by atoms with E-state index in [4.69, 9.17) is 4.74 Å². The van der Waals surface area contributed by atoms with E-state index in [1.165, 1.54) is 0 Å². The number of carbonyl (C=O) groups excluding carboxylic acids is 2. The number of nitrogens with zero attached hydrogens (tertiary/aromatic N) is 1. The van der Waals surface area contributed by atoms with Gasteiger partial charge >= 0.3 is 5.97 Å². The van der Waals surface area contributed by atoms with Crippen molar-refractivity contribution in [2.45, 2.75) is 39.7 Å². The minimum absolute atomic E-state index is 0.264. The number of esters is 1. The van der Waals surface area contributed by atoms with Gasteiger partial charge in [-0.1, -0.05) is 50.2 Å². The topological polar surface area (TPSA) is 68.3 Å². The smallest absolute Gasteiger partial charge is 0.339 e. The number of benzene rings is 2. The number of nitrogens with one attached hydrogen (secondary N) is 1. The summed E-state index contributed by atoms with van der Waals surface area (Å²) in [5, 5.41) is 3.57. The Morgan fingerprint density at radius 3 is 2.43 bits per heavy atom. The van der Waals surface area contributed by atoms with Gasteiger partial charge in [0.15, 0.2) is 6.10 Å². The maximum atomic E-state index is 12.7. The maximum absolute atomic E-state index is 12.7. The van der Waals surface area contributed by atoms with E-state index in [-0.39, 0.29) is 11.8 Å². The number of fused-ring (bicyclic) bond motifs is 1. The number of rotatable bonds is 5. The number of pyridine rings is 1. The maximum Gasteiger partial charge on any atom is 0.339 e. The minimum atomic E-state index is -0.931. The molecule has 1 aromatic heterocycles. The molecule has 0 unspecified atom stereocenters. The highest BCUT2D eigenvalue weighted by Gasteiger charge is 2.22. The van der Waals surface area contributed by atoms with Gasteiger partial charge in [0, 0.05) is 16.8 Å². The summed E-state index contributed by atoms with van der Waals surface area (Å²) >= 11 is 0. The number of para-hydroxylation sites is 2. The molecule has 0 aliphatic carbocycles. The van der Waals surface area contributed by atoms with E-state index in [0.717, 1.165) is 16.8 Å². The molecule has 1 atom stereocenters. The first-order valence-electron chi connectivity index (χ1n) is 9.34. The molecular weight excluding hydrogens is 352 g/mol. The zero-order chi connectivity index (χ0) is 20.3. The Morgan fingerprint density at radius 2 is 1.68 bits per heavy atom. The second-order valence-corrected chi connectivity index (χ2v) is 7.11. The average Bonchev–Trinajstić information content (AvgIpc) is 2.67. The van der Waals surface area contributed by atoms with Crippen LogP contribution in [0.5, 0.6) is 0 Å². The van der Waals surface area contributed by atoms with Crippen LogP contribution in [0.25, 0.3) is 10.9 Å². The second kappa shape index (κ2) is 8.21. The number of aromatic nitrogens is 1. The van der Waals surface area contributed by atoms with Crippen LogP contribution in [0.2, 0.25) is 0 Å². The van der Waals surface area contributed by atoms with Gasteiger partial charge in [-0.15, -0.1) is 0 Å². The Balaban J connectivity index is 1.77. The molecule has 3 aromatic rings. The Hall–Kier alpha value is -3.21. The van der Waals surface area contributed by atoms with Crippen LogP contribution in [0.3, 0.4) is 0 Å². The molecule has 28 heavy (non-hydrogen) atoms. The van der Waals surface area contributed by atoms with E-state index in [1.807, 2.05) is 55.5 Å². The molecule has 0 saturated carbocycles. The summed E-state index contributed by atoms with van der Waals surface area (Å²) in [6.07, 6.45) is -0.931. The lowest BCUT2D eigenvalue weighted by atomic mass is 10.0. The average molecular weight is 376 g/mol. The zero-order valence-corrected chi connectivity index (χ0v) is 16.5. The van der Waals surface area contributed by atoms with Crippen LogP contribution in [0.4, 0.5) is 5.69 Å². The molecule has 0 aliphatic rings. The molecule has 0 saturated heterocycles. The number of anilines is 1. The summed E-state index contributed by atoms with van der Waals surface area (Å²) in [6, 6.07) is 16.7. The third-order valence-electron chi connectivity index (χ3n) is 4.56. The fourth-order valence-electron chi connectivity index (χ4n) is 3.10. The lowest BCUT2D eigenvalue weighted by Crippen LogP contribution is -2.30. The van der Waals surface area contributed by atoms with Gasteiger partial charge < -0.3 is 10.1 Å². The van der Waals surface area contributed by atoms with Crippen molar-refractivity contribution in [3.63, 3.8) is 0 Å². The van der Waals surface area contributed by atoms with Gasteiger partial charge in [0.1, 0.15) is 0 Å². The second-order valence-electron chi connectivity index (χ2n) is 7.11. The molecule has 144 valence electrons. The van der Waals surface area contributed by atoms with Crippen molar-refractivity contribution in [3.05, 3.63) is 71.4 Å². The van der Waals surface area contributed by atoms with Crippen LogP contribution in [0.15, 0.2) is 54.6 Å². The van der Waals surface area contributed by atoms with Gasteiger partial charge in [-0.25, -0.2) is 4.79 Å². The first-order chi connectivity index (χ1) is 13.4. The van der Waals surface area contributed by atoms with E-state index in [1.54, 1.807) is 13.0 Å². The quantitative estimate of drug-likeness (QED) is 0.646. The molecular formula is C23H24N2O3. The van der Waals surface area contributed by atoms with Gasteiger partial charge in [-0.05, 0) is 43.5 Å². The molecule has 5 heteroatoms. The van der Waals surface area contributed by atoms with E-state index < -0.39 is 12.1 Å². The molecule has 0 bridgehead atoms. The van der Waals surface area contributed by atoms with Crippen molar-refractivity contribution in [2.75, 3.05) is 5.32 Å². The van der Waals surface area contributed by atoms with Crippen LogP contribution in [0.1, 0.15) is 48.3 Å². The number of amides is 1. The Morgan fingerprint density at radius 1 is 1.00 bits per heavy atom. The summed E-state index contributed by atoms with van der Waals surface area (Å²) in [6.45, 7) is 7.51. The van der Waals surface area contributed by atoms with E-state index >= 15 is 0 Å². The first kappa shape index (κ1) is 19.5. The summed E-state index contributed by atoms with van der Waals surface area (Å²) in [5.41, 5.74) is 3.61. The normalized spacial score (nSPS) is 12.0. The third-order valence-corrected chi connectivity index (χ3v) is 4.56. The fourth-order valence-corrected chi connectivity index (χ4v) is 3.10. The number of ether oxygens (including phenoxy) is 1. The molecule has 1 amide bonds. The molecule has 0 spiro atoms. The van der Waals surface area contributed by atoms with Crippen molar-refractivity contribution in [1.82, 2.24) is 4.98 Å². The van der Waals surface area contributed by atoms with E-state index in [9.17, 15) is 9.59 Å². The van der Waals surface area contributed by atoms with Crippen LogP contribution < -0.4 is 5.32 Å². The fraction of sp³-hybridized carbons (Fsp3) is 0.261. The highest BCUT2D eigenvalue weighted by Crippen LogP contribution is 2.24. The van der Waals surface area contributed by atoms with Crippen molar-refractivity contribution in [1.29, 1.82) is 0 Å². The van der Waals surface area contributed by atoms with Crippen molar-refractivity contribution < 1.29 is 14.3 Å². The summed E-state index contributed by atoms with van der Waals surface area (Å²) < 4.78 is 5.46. The largest absolute Gasteiger partial charge is 0.449 e. The van der Waals surface area contributed by atoms with Crippen LogP contribution in [-0.4, -0.2) is 23.0 Å². The van der Waals surface area contributed by atoms with E-state index in [2.05, 4.69) is 24.1 Å². The molecule has 0 aliphatic heterocycles. The minimum Gasteiger partial charge on any atom is -0.449 e. The Kier molecular flexibility index (Phi) is 5.73. The van der Waals surface area contributed by atoms with E-state index in [0.29, 0.717) is 16.6 Å². The number of aryl methyl sites for hydroxylation is 1. The predicted octanol–water partition coefficient (Wildman–Crippen LogP) is 4.85. The molecule has 0 fully saturated rings. The molecule has 2 aromatic carbocycles. The standard InChI is InChI=1S/C23H24N2O3/c1-14(2)17-9-5-7-11-20(17)25-22(26)16(4)28-23(27)19-13-15(3)24-21-12-8-6-10-18(19)21/h5-14,16H,1-4H3,(H,25,26)/t16-/m1/s1.